The van der Waals surface area contributed by atoms with E-state index in [9.17, 15) is 4.79 Å². The average molecular weight is 282 g/mol. The quantitative estimate of drug-likeness (QED) is 0.758. The second kappa shape index (κ2) is 6.00. The van der Waals surface area contributed by atoms with Crippen molar-refractivity contribution in [2.75, 3.05) is 7.11 Å². The molecule has 21 heavy (non-hydrogen) atoms. The Balaban J connectivity index is 1.68. The Morgan fingerprint density at radius 2 is 1.86 bits per heavy atom. The largest absolute Gasteiger partial charge is 0.497 e. The van der Waals surface area contributed by atoms with E-state index >= 15 is 0 Å². The van der Waals surface area contributed by atoms with Crippen molar-refractivity contribution in [1.82, 2.24) is 0 Å². The molecule has 0 bridgehead atoms. The maximum absolute atomic E-state index is 12.3. The standard InChI is InChI=1S/C18H18O3/c1-20-15-7-5-13(6-8-15)11-18(19)14-3-2-4-17(12-14)21-16-9-10-16/h2-8,12,16H,9-11H2,1H3. The van der Waals surface area contributed by atoms with Gasteiger partial charge in [0, 0.05) is 12.0 Å². The molecule has 2 aromatic carbocycles. The molecule has 0 amide bonds. The van der Waals surface area contributed by atoms with E-state index in [2.05, 4.69) is 0 Å². The van der Waals surface area contributed by atoms with Crippen molar-refractivity contribution < 1.29 is 14.3 Å². The third-order valence-corrected chi connectivity index (χ3v) is 3.51. The second-order valence-electron chi connectivity index (χ2n) is 5.29. The normalized spacial score (nSPS) is 13.8. The van der Waals surface area contributed by atoms with Gasteiger partial charge in [0.25, 0.3) is 0 Å². The number of benzene rings is 2. The summed E-state index contributed by atoms with van der Waals surface area (Å²) >= 11 is 0. The molecule has 3 rings (SSSR count). The SMILES string of the molecule is COc1ccc(CC(=O)c2cccc(OC3CC3)c2)cc1. The molecule has 3 nitrogen and oxygen atoms in total. The Morgan fingerprint density at radius 3 is 2.52 bits per heavy atom. The molecule has 1 saturated carbocycles. The van der Waals surface area contributed by atoms with Gasteiger partial charge < -0.3 is 9.47 Å². The Bertz CT molecular complexity index is 627. The summed E-state index contributed by atoms with van der Waals surface area (Å²) in [6.45, 7) is 0. The molecule has 0 aliphatic heterocycles. The number of ketones is 1. The molecule has 0 atom stereocenters. The monoisotopic (exact) mass is 282 g/mol. The third-order valence-electron chi connectivity index (χ3n) is 3.51. The fraction of sp³-hybridized carbons (Fsp3) is 0.278. The molecule has 0 heterocycles. The number of Topliss-reactive ketones (excluding diaryl/α,β-unsaturated/α-hetero) is 1. The first kappa shape index (κ1) is 13.7. The number of carbonyl (C=O) groups excluding carboxylic acids is 1. The van der Waals surface area contributed by atoms with Gasteiger partial charge in [0.05, 0.1) is 13.2 Å². The first-order chi connectivity index (χ1) is 10.2. The molecule has 1 aliphatic carbocycles. The Hall–Kier alpha value is -2.29. The van der Waals surface area contributed by atoms with Gasteiger partial charge in [-0.2, -0.15) is 0 Å². The molecule has 0 N–H and O–H groups in total. The second-order valence-corrected chi connectivity index (χ2v) is 5.29. The molecule has 0 aromatic heterocycles. The lowest BCUT2D eigenvalue weighted by atomic mass is 10.0. The first-order valence-electron chi connectivity index (χ1n) is 7.17. The first-order valence-corrected chi connectivity index (χ1v) is 7.17. The van der Waals surface area contributed by atoms with Gasteiger partial charge >= 0.3 is 0 Å². The molecule has 1 fully saturated rings. The van der Waals surface area contributed by atoms with Crippen LogP contribution in [0.2, 0.25) is 0 Å². The molecule has 2 aromatic rings. The van der Waals surface area contributed by atoms with Gasteiger partial charge in [0.15, 0.2) is 5.78 Å². The van der Waals surface area contributed by atoms with Crippen molar-refractivity contribution in [3.05, 3.63) is 59.7 Å². The summed E-state index contributed by atoms with van der Waals surface area (Å²) in [7, 11) is 1.63. The van der Waals surface area contributed by atoms with Gasteiger partial charge in [-0.05, 0) is 42.7 Å². The van der Waals surface area contributed by atoms with Crippen molar-refractivity contribution in [1.29, 1.82) is 0 Å². The molecule has 0 spiro atoms. The lowest BCUT2D eigenvalue weighted by molar-refractivity contribution is 0.0992. The Morgan fingerprint density at radius 1 is 1.10 bits per heavy atom. The minimum absolute atomic E-state index is 0.0985. The maximum Gasteiger partial charge on any atom is 0.167 e. The maximum atomic E-state index is 12.3. The minimum Gasteiger partial charge on any atom is -0.497 e. The van der Waals surface area contributed by atoms with Crippen LogP contribution >= 0.6 is 0 Å². The van der Waals surface area contributed by atoms with Gasteiger partial charge in [-0.1, -0.05) is 24.3 Å². The van der Waals surface area contributed by atoms with E-state index in [0.29, 0.717) is 18.1 Å². The molecule has 0 unspecified atom stereocenters. The number of hydrogen-bond donors (Lipinski definition) is 0. The summed E-state index contributed by atoms with van der Waals surface area (Å²) in [6, 6.07) is 15.0. The predicted molar refractivity (Wildman–Crippen MR) is 81.1 cm³/mol. The molecule has 1 aliphatic rings. The van der Waals surface area contributed by atoms with E-state index in [1.54, 1.807) is 7.11 Å². The van der Waals surface area contributed by atoms with Crippen LogP contribution in [0.1, 0.15) is 28.8 Å². The van der Waals surface area contributed by atoms with Crippen molar-refractivity contribution in [2.24, 2.45) is 0 Å². The molecular weight excluding hydrogens is 264 g/mol. The van der Waals surface area contributed by atoms with Crippen LogP contribution in [0.4, 0.5) is 0 Å². The number of carbonyl (C=O) groups is 1. The summed E-state index contributed by atoms with van der Waals surface area (Å²) in [5, 5.41) is 0. The van der Waals surface area contributed by atoms with Crippen LogP contribution in [0.15, 0.2) is 48.5 Å². The number of rotatable bonds is 6. The van der Waals surface area contributed by atoms with Gasteiger partial charge in [-0.3, -0.25) is 4.79 Å². The highest BCUT2D eigenvalue weighted by molar-refractivity contribution is 5.97. The van der Waals surface area contributed by atoms with Crippen molar-refractivity contribution in [2.45, 2.75) is 25.4 Å². The third kappa shape index (κ3) is 3.63. The van der Waals surface area contributed by atoms with E-state index in [0.717, 1.165) is 29.9 Å². The van der Waals surface area contributed by atoms with Gasteiger partial charge in [0.1, 0.15) is 11.5 Å². The fourth-order valence-corrected chi connectivity index (χ4v) is 2.15. The highest BCUT2D eigenvalue weighted by atomic mass is 16.5. The van der Waals surface area contributed by atoms with Crippen LogP contribution in [0.25, 0.3) is 0 Å². The van der Waals surface area contributed by atoms with Crippen LogP contribution in [0.3, 0.4) is 0 Å². The average Bonchev–Trinajstić information content (AvgIpc) is 3.32. The molecule has 3 heteroatoms. The van der Waals surface area contributed by atoms with E-state index in [-0.39, 0.29) is 5.78 Å². The topological polar surface area (TPSA) is 35.5 Å². The van der Waals surface area contributed by atoms with Crippen molar-refractivity contribution >= 4 is 5.78 Å². The predicted octanol–water partition coefficient (Wildman–Crippen LogP) is 3.66. The van der Waals surface area contributed by atoms with E-state index < -0.39 is 0 Å². The van der Waals surface area contributed by atoms with Gasteiger partial charge in [0.2, 0.25) is 0 Å². The fourth-order valence-electron chi connectivity index (χ4n) is 2.15. The number of ether oxygens (including phenoxy) is 2. The molecule has 0 radical (unpaired) electrons. The van der Waals surface area contributed by atoms with Crippen LogP contribution in [-0.2, 0) is 6.42 Å². The molecule has 108 valence electrons. The lowest BCUT2D eigenvalue weighted by Gasteiger charge is -2.07. The van der Waals surface area contributed by atoms with Crippen LogP contribution < -0.4 is 9.47 Å². The number of methoxy groups -OCH3 is 1. The van der Waals surface area contributed by atoms with Gasteiger partial charge in [-0.15, -0.1) is 0 Å². The van der Waals surface area contributed by atoms with Crippen LogP contribution in [0.5, 0.6) is 11.5 Å². The van der Waals surface area contributed by atoms with E-state index in [1.807, 2.05) is 48.5 Å². The zero-order chi connectivity index (χ0) is 14.7. The molecular formula is C18H18O3. The van der Waals surface area contributed by atoms with Crippen molar-refractivity contribution in [3.63, 3.8) is 0 Å². The lowest BCUT2D eigenvalue weighted by Crippen LogP contribution is -2.04. The Kier molecular flexibility index (Phi) is 3.91. The highest BCUT2D eigenvalue weighted by Crippen LogP contribution is 2.27. The summed E-state index contributed by atoms with van der Waals surface area (Å²) in [6.07, 6.45) is 2.96. The van der Waals surface area contributed by atoms with Gasteiger partial charge in [-0.25, -0.2) is 0 Å². The molecule has 0 saturated heterocycles. The highest BCUT2D eigenvalue weighted by Gasteiger charge is 2.23. The summed E-state index contributed by atoms with van der Waals surface area (Å²) in [5.74, 6) is 1.69. The zero-order valence-electron chi connectivity index (χ0n) is 12.0. The zero-order valence-corrected chi connectivity index (χ0v) is 12.0. The number of hydrogen-bond acceptors (Lipinski definition) is 3. The minimum atomic E-state index is 0.0985. The van der Waals surface area contributed by atoms with Crippen molar-refractivity contribution in [3.8, 4) is 11.5 Å². The van der Waals surface area contributed by atoms with Crippen LogP contribution in [0, 0.1) is 0 Å². The Labute approximate surface area is 124 Å². The summed E-state index contributed by atoms with van der Waals surface area (Å²) < 4.78 is 10.8. The van der Waals surface area contributed by atoms with E-state index in [1.165, 1.54) is 0 Å². The van der Waals surface area contributed by atoms with E-state index in [4.69, 9.17) is 9.47 Å². The smallest absolute Gasteiger partial charge is 0.167 e. The summed E-state index contributed by atoms with van der Waals surface area (Å²) in [4.78, 5) is 12.3. The van der Waals surface area contributed by atoms with Crippen LogP contribution in [-0.4, -0.2) is 19.0 Å². The summed E-state index contributed by atoms with van der Waals surface area (Å²) in [5.41, 5.74) is 1.68.